The van der Waals surface area contributed by atoms with Crippen molar-refractivity contribution in [2.75, 3.05) is 20.3 Å². The van der Waals surface area contributed by atoms with Gasteiger partial charge in [0.2, 0.25) is 0 Å². The largest absolute Gasteiger partial charge is 0.493 e. The van der Waals surface area contributed by atoms with E-state index in [0.717, 1.165) is 44.5 Å². The van der Waals surface area contributed by atoms with Gasteiger partial charge in [0, 0.05) is 18.7 Å². The lowest BCUT2D eigenvalue weighted by molar-refractivity contribution is 0.0907. The van der Waals surface area contributed by atoms with Gasteiger partial charge in [0.05, 0.1) is 19.3 Å². The molecular formula is C19H27NO4. The Balaban J connectivity index is 1.55. The molecule has 5 nitrogen and oxygen atoms in total. The molecule has 1 saturated heterocycles. The quantitative estimate of drug-likeness (QED) is 0.832. The molecular weight excluding hydrogens is 306 g/mol. The molecule has 0 bridgehead atoms. The maximum atomic E-state index is 12.3. The lowest BCUT2D eigenvalue weighted by Gasteiger charge is -2.16. The molecule has 2 fully saturated rings. The molecule has 0 aromatic heterocycles. The summed E-state index contributed by atoms with van der Waals surface area (Å²) in [4.78, 5) is 12.3. The van der Waals surface area contributed by atoms with Gasteiger partial charge in [0.25, 0.3) is 5.91 Å². The molecule has 1 aromatic carbocycles. The van der Waals surface area contributed by atoms with E-state index < -0.39 is 0 Å². The number of amides is 1. The second-order valence-corrected chi connectivity index (χ2v) is 6.57. The summed E-state index contributed by atoms with van der Waals surface area (Å²) in [5.74, 6) is 1.26. The molecule has 132 valence electrons. The summed E-state index contributed by atoms with van der Waals surface area (Å²) in [6, 6.07) is 5.39. The fourth-order valence-electron chi connectivity index (χ4n) is 3.41. The van der Waals surface area contributed by atoms with Crippen LogP contribution in [0, 0.1) is 0 Å². The Morgan fingerprint density at radius 3 is 2.75 bits per heavy atom. The van der Waals surface area contributed by atoms with Gasteiger partial charge >= 0.3 is 0 Å². The standard InChI is InChI=1S/C19H27NO4/c1-22-18-13-14(8-9-17(18)24-16-5-2-3-6-16)19(21)20-11-10-15-7-4-12-23-15/h8-9,13,15-16H,2-7,10-12H2,1H3,(H,20,21)/t15-/m1/s1. The minimum atomic E-state index is -0.0845. The van der Waals surface area contributed by atoms with Crippen LogP contribution in [0.2, 0.25) is 0 Å². The predicted octanol–water partition coefficient (Wildman–Crippen LogP) is 3.32. The molecule has 0 unspecified atom stereocenters. The lowest BCUT2D eigenvalue weighted by atomic mass is 10.1. The molecule has 1 aromatic rings. The third-order valence-corrected chi connectivity index (χ3v) is 4.80. The van der Waals surface area contributed by atoms with Crippen LogP contribution < -0.4 is 14.8 Å². The van der Waals surface area contributed by atoms with Crippen molar-refractivity contribution in [3.63, 3.8) is 0 Å². The van der Waals surface area contributed by atoms with Crippen molar-refractivity contribution in [1.29, 1.82) is 0 Å². The first-order valence-corrected chi connectivity index (χ1v) is 9.01. The first-order chi connectivity index (χ1) is 11.8. The third kappa shape index (κ3) is 4.41. The fourth-order valence-corrected chi connectivity index (χ4v) is 3.41. The summed E-state index contributed by atoms with van der Waals surface area (Å²) < 4.78 is 17.0. The number of rotatable bonds is 7. The van der Waals surface area contributed by atoms with Gasteiger partial charge in [0.15, 0.2) is 11.5 Å². The molecule has 1 N–H and O–H groups in total. The highest BCUT2D eigenvalue weighted by Gasteiger charge is 2.20. The minimum Gasteiger partial charge on any atom is -0.493 e. The summed E-state index contributed by atoms with van der Waals surface area (Å²) in [5, 5.41) is 2.95. The Hall–Kier alpha value is -1.75. The van der Waals surface area contributed by atoms with Crippen LogP contribution in [0.1, 0.15) is 55.3 Å². The summed E-state index contributed by atoms with van der Waals surface area (Å²) in [5.41, 5.74) is 0.595. The average molecular weight is 333 g/mol. The number of hydrogen-bond acceptors (Lipinski definition) is 4. The van der Waals surface area contributed by atoms with Crippen molar-refractivity contribution in [1.82, 2.24) is 5.32 Å². The molecule has 0 radical (unpaired) electrons. The highest BCUT2D eigenvalue weighted by Crippen LogP contribution is 2.32. The van der Waals surface area contributed by atoms with E-state index >= 15 is 0 Å². The van der Waals surface area contributed by atoms with Crippen LogP contribution in [-0.2, 0) is 4.74 Å². The van der Waals surface area contributed by atoms with Crippen LogP contribution in [0.25, 0.3) is 0 Å². The van der Waals surface area contributed by atoms with Crippen molar-refractivity contribution in [3.05, 3.63) is 23.8 Å². The average Bonchev–Trinajstić information content (AvgIpc) is 3.29. The maximum absolute atomic E-state index is 12.3. The van der Waals surface area contributed by atoms with Gasteiger partial charge in [-0.15, -0.1) is 0 Å². The van der Waals surface area contributed by atoms with Gasteiger partial charge < -0.3 is 19.5 Å². The van der Waals surface area contributed by atoms with E-state index in [9.17, 15) is 4.79 Å². The van der Waals surface area contributed by atoms with Crippen molar-refractivity contribution in [2.24, 2.45) is 0 Å². The number of nitrogens with one attached hydrogen (secondary N) is 1. The normalized spacial score (nSPS) is 21.0. The van der Waals surface area contributed by atoms with E-state index in [0.29, 0.717) is 24.0 Å². The Morgan fingerprint density at radius 1 is 1.21 bits per heavy atom. The van der Waals surface area contributed by atoms with Gasteiger partial charge in [-0.3, -0.25) is 4.79 Å². The Labute approximate surface area is 143 Å². The van der Waals surface area contributed by atoms with E-state index in [1.54, 1.807) is 19.2 Å². The second kappa shape index (κ2) is 8.38. The van der Waals surface area contributed by atoms with Crippen molar-refractivity contribution >= 4 is 5.91 Å². The van der Waals surface area contributed by atoms with E-state index in [-0.39, 0.29) is 12.0 Å². The van der Waals surface area contributed by atoms with E-state index in [1.165, 1.54) is 12.8 Å². The van der Waals surface area contributed by atoms with Gasteiger partial charge in [-0.25, -0.2) is 0 Å². The lowest BCUT2D eigenvalue weighted by Crippen LogP contribution is -2.27. The fraction of sp³-hybridized carbons (Fsp3) is 0.632. The molecule has 1 atom stereocenters. The smallest absolute Gasteiger partial charge is 0.251 e. The zero-order valence-electron chi connectivity index (χ0n) is 14.4. The number of carbonyl (C=O) groups is 1. The van der Waals surface area contributed by atoms with Crippen LogP contribution >= 0.6 is 0 Å². The maximum Gasteiger partial charge on any atom is 0.251 e. The van der Waals surface area contributed by atoms with Crippen LogP contribution in [-0.4, -0.2) is 38.4 Å². The molecule has 0 spiro atoms. The Kier molecular flexibility index (Phi) is 5.96. The third-order valence-electron chi connectivity index (χ3n) is 4.80. The SMILES string of the molecule is COc1cc(C(=O)NCC[C@H]2CCCO2)ccc1OC1CCCC1. The molecule has 1 aliphatic heterocycles. The van der Waals surface area contributed by atoms with E-state index in [2.05, 4.69) is 5.32 Å². The van der Waals surface area contributed by atoms with Crippen LogP contribution in [0.15, 0.2) is 18.2 Å². The molecule has 5 heteroatoms. The molecule has 1 saturated carbocycles. The van der Waals surface area contributed by atoms with Crippen molar-refractivity contribution in [3.8, 4) is 11.5 Å². The zero-order valence-corrected chi connectivity index (χ0v) is 14.4. The Morgan fingerprint density at radius 2 is 2.04 bits per heavy atom. The highest BCUT2D eigenvalue weighted by atomic mass is 16.5. The Bertz CT molecular complexity index is 548. The van der Waals surface area contributed by atoms with Crippen molar-refractivity contribution < 1.29 is 19.0 Å². The van der Waals surface area contributed by atoms with Crippen LogP contribution in [0.5, 0.6) is 11.5 Å². The first kappa shape index (κ1) is 17.1. The number of benzene rings is 1. The number of carbonyl (C=O) groups excluding carboxylic acids is 1. The minimum absolute atomic E-state index is 0.0845. The summed E-state index contributed by atoms with van der Waals surface area (Å²) in [7, 11) is 1.61. The van der Waals surface area contributed by atoms with Gasteiger partial charge in [-0.1, -0.05) is 0 Å². The van der Waals surface area contributed by atoms with Gasteiger partial charge in [-0.05, 0) is 63.1 Å². The van der Waals surface area contributed by atoms with Crippen LogP contribution in [0.3, 0.4) is 0 Å². The summed E-state index contributed by atoms with van der Waals surface area (Å²) >= 11 is 0. The molecule has 2 aliphatic rings. The van der Waals surface area contributed by atoms with E-state index in [4.69, 9.17) is 14.2 Å². The topological polar surface area (TPSA) is 56.8 Å². The molecule has 1 amide bonds. The number of methoxy groups -OCH3 is 1. The zero-order chi connectivity index (χ0) is 16.8. The monoisotopic (exact) mass is 333 g/mol. The van der Waals surface area contributed by atoms with Gasteiger partial charge in [-0.2, -0.15) is 0 Å². The van der Waals surface area contributed by atoms with Gasteiger partial charge in [0.1, 0.15) is 0 Å². The van der Waals surface area contributed by atoms with Crippen LogP contribution in [0.4, 0.5) is 0 Å². The summed E-state index contributed by atoms with van der Waals surface area (Å²) in [6.45, 7) is 1.48. The molecule has 24 heavy (non-hydrogen) atoms. The highest BCUT2D eigenvalue weighted by molar-refractivity contribution is 5.94. The molecule has 1 aliphatic carbocycles. The second-order valence-electron chi connectivity index (χ2n) is 6.57. The molecule has 1 heterocycles. The molecule has 3 rings (SSSR count). The first-order valence-electron chi connectivity index (χ1n) is 9.01. The summed E-state index contributed by atoms with van der Waals surface area (Å²) in [6.07, 6.45) is 8.27. The predicted molar refractivity (Wildman–Crippen MR) is 91.8 cm³/mol. The van der Waals surface area contributed by atoms with E-state index in [1.807, 2.05) is 6.07 Å². The van der Waals surface area contributed by atoms with Crippen molar-refractivity contribution in [2.45, 2.75) is 57.2 Å². The number of hydrogen-bond donors (Lipinski definition) is 1. The number of ether oxygens (including phenoxy) is 3.